The van der Waals surface area contributed by atoms with Crippen molar-refractivity contribution in [3.63, 3.8) is 0 Å². The van der Waals surface area contributed by atoms with Gasteiger partial charge >= 0.3 is 0 Å². The van der Waals surface area contributed by atoms with Gasteiger partial charge in [-0.3, -0.25) is 4.79 Å². The number of carbonyl (C=O) groups is 1. The summed E-state index contributed by atoms with van der Waals surface area (Å²) in [7, 11) is 1.47. The highest BCUT2D eigenvalue weighted by atomic mass is 16.5. The molecule has 0 atom stereocenters. The van der Waals surface area contributed by atoms with Crippen LogP contribution in [0, 0.1) is 18.3 Å². The summed E-state index contributed by atoms with van der Waals surface area (Å²) < 4.78 is 16.7. The highest BCUT2D eigenvalue weighted by molar-refractivity contribution is 5.93. The second-order valence-electron chi connectivity index (χ2n) is 6.23. The Morgan fingerprint density at radius 3 is 2.59 bits per heavy atom. The van der Waals surface area contributed by atoms with Crippen LogP contribution in [0.2, 0.25) is 0 Å². The zero-order valence-corrected chi connectivity index (χ0v) is 16.1. The number of carbonyl (C=O) groups excluding carboxylic acids is 1. The molecule has 1 N–H and O–H groups in total. The fourth-order valence-corrected chi connectivity index (χ4v) is 2.65. The standard InChI is InChI=1S/C23H20N2O4/c1-16-6-5-7-18(12-16)29-20-9-4-3-8-19(20)25-23(26)15-28-21-11-10-17(14-24)13-22(21)27-2/h3-13H,15H2,1-2H3,(H,25,26). The second-order valence-corrected chi connectivity index (χ2v) is 6.23. The SMILES string of the molecule is COc1cc(C#N)ccc1OCC(=O)Nc1ccccc1Oc1cccc(C)c1. The van der Waals surface area contributed by atoms with Crippen LogP contribution in [0.4, 0.5) is 5.69 Å². The van der Waals surface area contributed by atoms with Gasteiger partial charge in [-0.05, 0) is 48.9 Å². The summed E-state index contributed by atoms with van der Waals surface area (Å²) in [6, 6.07) is 21.6. The Kier molecular flexibility index (Phi) is 6.33. The molecule has 0 saturated carbocycles. The predicted octanol–water partition coefficient (Wildman–Crippen LogP) is 4.69. The van der Waals surface area contributed by atoms with Gasteiger partial charge in [0.15, 0.2) is 23.9 Å². The third-order valence-electron chi connectivity index (χ3n) is 4.03. The minimum Gasteiger partial charge on any atom is -0.493 e. The molecule has 0 aromatic heterocycles. The molecule has 0 spiro atoms. The van der Waals surface area contributed by atoms with Gasteiger partial charge in [0.25, 0.3) is 5.91 Å². The Bertz CT molecular complexity index is 1060. The minimum absolute atomic E-state index is 0.221. The molecule has 0 aliphatic rings. The third kappa shape index (κ3) is 5.27. The van der Waals surface area contributed by atoms with E-state index in [2.05, 4.69) is 5.32 Å². The predicted molar refractivity (Wildman–Crippen MR) is 110 cm³/mol. The van der Waals surface area contributed by atoms with Crippen LogP contribution in [-0.2, 0) is 4.79 Å². The van der Waals surface area contributed by atoms with E-state index < -0.39 is 0 Å². The van der Waals surface area contributed by atoms with Crippen molar-refractivity contribution in [3.8, 4) is 29.1 Å². The summed E-state index contributed by atoms with van der Waals surface area (Å²) in [6.45, 7) is 1.76. The largest absolute Gasteiger partial charge is 0.493 e. The van der Waals surface area contributed by atoms with Crippen molar-refractivity contribution in [1.29, 1.82) is 5.26 Å². The maximum Gasteiger partial charge on any atom is 0.262 e. The highest BCUT2D eigenvalue weighted by Gasteiger charge is 2.12. The van der Waals surface area contributed by atoms with Gasteiger partial charge in [-0.1, -0.05) is 24.3 Å². The number of ether oxygens (including phenoxy) is 3. The van der Waals surface area contributed by atoms with Crippen molar-refractivity contribution >= 4 is 11.6 Å². The van der Waals surface area contributed by atoms with E-state index in [4.69, 9.17) is 19.5 Å². The molecule has 0 saturated heterocycles. The van der Waals surface area contributed by atoms with Crippen LogP contribution in [0.3, 0.4) is 0 Å². The fourth-order valence-electron chi connectivity index (χ4n) is 2.65. The maximum atomic E-state index is 12.4. The third-order valence-corrected chi connectivity index (χ3v) is 4.03. The molecule has 1 amide bonds. The van der Waals surface area contributed by atoms with Crippen molar-refractivity contribution in [2.45, 2.75) is 6.92 Å². The van der Waals surface area contributed by atoms with Gasteiger partial charge < -0.3 is 19.5 Å². The molecule has 3 aromatic carbocycles. The first-order valence-electron chi connectivity index (χ1n) is 8.93. The average Bonchev–Trinajstić information content (AvgIpc) is 2.73. The van der Waals surface area contributed by atoms with Crippen LogP contribution >= 0.6 is 0 Å². The lowest BCUT2D eigenvalue weighted by molar-refractivity contribution is -0.118. The molecule has 3 rings (SSSR count). The molecule has 6 nitrogen and oxygen atoms in total. The van der Waals surface area contributed by atoms with Crippen LogP contribution in [0.5, 0.6) is 23.0 Å². The highest BCUT2D eigenvalue weighted by Crippen LogP contribution is 2.30. The first kappa shape index (κ1) is 19.8. The van der Waals surface area contributed by atoms with Gasteiger partial charge in [-0.25, -0.2) is 0 Å². The summed E-state index contributed by atoms with van der Waals surface area (Å²) in [5, 5.41) is 11.7. The molecule has 0 heterocycles. The number of nitriles is 1. The molecule has 0 radical (unpaired) electrons. The van der Waals surface area contributed by atoms with Crippen molar-refractivity contribution < 1.29 is 19.0 Å². The Balaban J connectivity index is 1.66. The smallest absolute Gasteiger partial charge is 0.262 e. The molecular formula is C23H20N2O4. The monoisotopic (exact) mass is 388 g/mol. The lowest BCUT2D eigenvalue weighted by Crippen LogP contribution is -2.20. The zero-order chi connectivity index (χ0) is 20.6. The van der Waals surface area contributed by atoms with E-state index in [-0.39, 0.29) is 12.5 Å². The Hall–Kier alpha value is -3.98. The van der Waals surface area contributed by atoms with Crippen molar-refractivity contribution in [2.24, 2.45) is 0 Å². The number of methoxy groups -OCH3 is 1. The average molecular weight is 388 g/mol. The van der Waals surface area contributed by atoms with Crippen molar-refractivity contribution in [1.82, 2.24) is 0 Å². The van der Waals surface area contributed by atoms with Gasteiger partial charge in [0.1, 0.15) is 5.75 Å². The van der Waals surface area contributed by atoms with Crippen LogP contribution in [-0.4, -0.2) is 19.6 Å². The summed E-state index contributed by atoms with van der Waals surface area (Å²) >= 11 is 0. The molecule has 3 aromatic rings. The van der Waals surface area contributed by atoms with Crippen LogP contribution in [0.1, 0.15) is 11.1 Å². The lowest BCUT2D eigenvalue weighted by atomic mass is 10.2. The van der Waals surface area contributed by atoms with Crippen LogP contribution in [0.15, 0.2) is 66.7 Å². The maximum absolute atomic E-state index is 12.4. The Morgan fingerprint density at radius 2 is 1.83 bits per heavy atom. The molecule has 6 heteroatoms. The number of para-hydroxylation sites is 2. The summed E-state index contributed by atoms with van der Waals surface area (Å²) in [4.78, 5) is 12.4. The number of aryl methyl sites for hydroxylation is 1. The molecule has 0 aliphatic carbocycles. The van der Waals surface area contributed by atoms with E-state index >= 15 is 0 Å². The summed E-state index contributed by atoms with van der Waals surface area (Å²) in [5.41, 5.74) is 2.06. The molecule has 0 aliphatic heterocycles. The number of hydrogen-bond donors (Lipinski definition) is 1. The Morgan fingerprint density at radius 1 is 1.00 bits per heavy atom. The van der Waals surface area contributed by atoms with Gasteiger partial charge in [0, 0.05) is 6.07 Å². The van der Waals surface area contributed by atoms with Gasteiger partial charge in [0.05, 0.1) is 24.4 Å². The first-order chi connectivity index (χ1) is 14.1. The normalized spacial score (nSPS) is 9.97. The van der Waals surface area contributed by atoms with Crippen molar-refractivity contribution in [2.75, 3.05) is 19.0 Å². The number of nitrogens with zero attached hydrogens (tertiary/aromatic N) is 1. The second kappa shape index (κ2) is 9.29. The first-order valence-corrected chi connectivity index (χ1v) is 8.93. The van der Waals surface area contributed by atoms with E-state index in [0.29, 0.717) is 34.2 Å². The molecular weight excluding hydrogens is 368 g/mol. The number of hydrogen-bond acceptors (Lipinski definition) is 5. The number of anilines is 1. The number of amides is 1. The van der Waals surface area contributed by atoms with Crippen LogP contribution < -0.4 is 19.5 Å². The van der Waals surface area contributed by atoms with Crippen LogP contribution in [0.25, 0.3) is 0 Å². The van der Waals surface area contributed by atoms with E-state index in [9.17, 15) is 4.79 Å². The van der Waals surface area contributed by atoms with E-state index in [0.717, 1.165) is 5.56 Å². The molecule has 0 unspecified atom stereocenters. The molecule has 0 bridgehead atoms. The fraction of sp³-hybridized carbons (Fsp3) is 0.130. The molecule has 29 heavy (non-hydrogen) atoms. The summed E-state index contributed by atoms with van der Waals surface area (Å²) in [5.74, 6) is 1.63. The Labute approximate surface area is 169 Å². The van der Waals surface area contributed by atoms with Gasteiger partial charge in [-0.15, -0.1) is 0 Å². The number of nitrogens with one attached hydrogen (secondary N) is 1. The molecule has 146 valence electrons. The van der Waals surface area contributed by atoms with E-state index in [1.165, 1.54) is 7.11 Å². The van der Waals surface area contributed by atoms with Crippen molar-refractivity contribution in [3.05, 3.63) is 77.9 Å². The molecule has 0 fully saturated rings. The minimum atomic E-state index is -0.350. The quantitative estimate of drug-likeness (QED) is 0.635. The number of benzene rings is 3. The van der Waals surface area contributed by atoms with Gasteiger partial charge in [-0.2, -0.15) is 5.26 Å². The summed E-state index contributed by atoms with van der Waals surface area (Å²) in [6.07, 6.45) is 0. The topological polar surface area (TPSA) is 80.6 Å². The van der Waals surface area contributed by atoms with Gasteiger partial charge in [0.2, 0.25) is 0 Å². The van der Waals surface area contributed by atoms with E-state index in [1.54, 1.807) is 30.3 Å². The van der Waals surface area contributed by atoms with E-state index in [1.807, 2.05) is 49.4 Å². The number of rotatable bonds is 7. The lowest BCUT2D eigenvalue weighted by Gasteiger charge is -2.14. The zero-order valence-electron chi connectivity index (χ0n) is 16.1.